The molecule has 2 heterocycles. The fourth-order valence-electron chi connectivity index (χ4n) is 3.36. The summed E-state index contributed by atoms with van der Waals surface area (Å²) in [6, 6.07) is 7.40. The molecule has 1 fully saturated rings. The SMILES string of the molecule is CC(C)N(CCC(=O)NC1CCCCNC1=O)c1nc(Cc2ccc(Cl)cc2)ns1. The second kappa shape index (κ2) is 10.7. The third-order valence-electron chi connectivity index (χ3n) is 5.05. The van der Waals surface area contributed by atoms with Crippen molar-refractivity contribution in [2.45, 2.75) is 58.0 Å². The van der Waals surface area contributed by atoms with Gasteiger partial charge in [-0.1, -0.05) is 23.7 Å². The molecule has 2 aromatic rings. The Morgan fingerprint density at radius 3 is 2.83 bits per heavy atom. The lowest BCUT2D eigenvalue weighted by molar-refractivity contribution is -0.128. The third kappa shape index (κ3) is 6.40. The summed E-state index contributed by atoms with van der Waals surface area (Å²) in [6.07, 6.45) is 3.51. The van der Waals surface area contributed by atoms with Gasteiger partial charge in [0.1, 0.15) is 11.9 Å². The van der Waals surface area contributed by atoms with E-state index in [9.17, 15) is 9.59 Å². The molecule has 1 unspecified atom stereocenters. The summed E-state index contributed by atoms with van der Waals surface area (Å²) >= 11 is 7.28. The number of benzene rings is 1. The Labute approximate surface area is 186 Å². The first-order valence-corrected chi connectivity index (χ1v) is 11.5. The minimum Gasteiger partial charge on any atom is -0.354 e. The van der Waals surface area contributed by atoms with Crippen molar-refractivity contribution >= 4 is 40.1 Å². The van der Waals surface area contributed by atoms with Crippen molar-refractivity contribution in [3.8, 4) is 0 Å². The number of carbonyl (C=O) groups is 2. The number of hydrogen-bond donors (Lipinski definition) is 2. The summed E-state index contributed by atoms with van der Waals surface area (Å²) in [4.78, 5) is 31.2. The molecule has 0 saturated carbocycles. The lowest BCUT2D eigenvalue weighted by Gasteiger charge is -2.25. The Hall–Kier alpha value is -2.19. The zero-order valence-corrected chi connectivity index (χ0v) is 18.9. The number of carbonyl (C=O) groups excluding carboxylic acids is 2. The van der Waals surface area contributed by atoms with Crippen LogP contribution in [0.25, 0.3) is 0 Å². The first kappa shape index (κ1) is 22.5. The van der Waals surface area contributed by atoms with Crippen molar-refractivity contribution in [1.29, 1.82) is 0 Å². The molecule has 0 radical (unpaired) electrons. The van der Waals surface area contributed by atoms with Crippen LogP contribution in [-0.2, 0) is 16.0 Å². The molecule has 2 amide bonds. The molecule has 1 atom stereocenters. The number of hydrogen-bond acceptors (Lipinski definition) is 6. The monoisotopic (exact) mass is 449 g/mol. The first-order chi connectivity index (χ1) is 14.4. The van der Waals surface area contributed by atoms with E-state index in [0.29, 0.717) is 37.4 Å². The lowest BCUT2D eigenvalue weighted by atomic mass is 10.1. The van der Waals surface area contributed by atoms with Crippen molar-refractivity contribution in [3.63, 3.8) is 0 Å². The number of amides is 2. The van der Waals surface area contributed by atoms with E-state index in [1.807, 2.05) is 24.3 Å². The van der Waals surface area contributed by atoms with Gasteiger partial charge in [-0.05, 0) is 50.8 Å². The van der Waals surface area contributed by atoms with Crippen molar-refractivity contribution in [2.24, 2.45) is 0 Å². The van der Waals surface area contributed by atoms with Gasteiger partial charge in [0.25, 0.3) is 0 Å². The molecule has 2 N–H and O–H groups in total. The van der Waals surface area contributed by atoms with Crippen LogP contribution in [0.4, 0.5) is 5.13 Å². The highest BCUT2D eigenvalue weighted by Crippen LogP contribution is 2.22. The highest BCUT2D eigenvalue weighted by atomic mass is 35.5. The number of halogens is 1. The Morgan fingerprint density at radius 1 is 1.33 bits per heavy atom. The zero-order chi connectivity index (χ0) is 21.5. The fourth-order valence-corrected chi connectivity index (χ4v) is 4.33. The van der Waals surface area contributed by atoms with Crippen LogP contribution in [0.15, 0.2) is 24.3 Å². The van der Waals surface area contributed by atoms with Gasteiger partial charge in [-0.2, -0.15) is 4.37 Å². The highest BCUT2D eigenvalue weighted by Gasteiger charge is 2.23. The Bertz CT molecular complexity index is 855. The van der Waals surface area contributed by atoms with Crippen LogP contribution >= 0.6 is 23.1 Å². The molecule has 0 aliphatic carbocycles. The van der Waals surface area contributed by atoms with Gasteiger partial charge in [-0.3, -0.25) is 9.59 Å². The fraction of sp³-hybridized carbons (Fsp3) is 0.524. The van der Waals surface area contributed by atoms with Crippen LogP contribution in [0.2, 0.25) is 5.02 Å². The standard InChI is InChI=1S/C21H28ClN5O2S/c1-14(2)27(12-10-19(28)24-17-5-3-4-11-23-20(17)29)21-25-18(26-30-21)13-15-6-8-16(22)9-7-15/h6-9,14,17H,3-5,10-13H2,1-2H3,(H,23,29)(H,24,28). The largest absolute Gasteiger partial charge is 0.354 e. The van der Waals surface area contributed by atoms with Gasteiger partial charge in [-0.25, -0.2) is 4.98 Å². The van der Waals surface area contributed by atoms with Gasteiger partial charge < -0.3 is 15.5 Å². The van der Waals surface area contributed by atoms with E-state index in [1.165, 1.54) is 11.5 Å². The first-order valence-electron chi connectivity index (χ1n) is 10.3. The predicted molar refractivity (Wildman–Crippen MR) is 120 cm³/mol. The summed E-state index contributed by atoms with van der Waals surface area (Å²) in [7, 11) is 0. The molecule has 0 bridgehead atoms. The number of nitrogens with one attached hydrogen (secondary N) is 2. The van der Waals surface area contributed by atoms with Gasteiger partial charge >= 0.3 is 0 Å². The molecule has 1 saturated heterocycles. The molecular weight excluding hydrogens is 422 g/mol. The van der Waals surface area contributed by atoms with Gasteiger partial charge in [0.15, 0.2) is 0 Å². The summed E-state index contributed by atoms with van der Waals surface area (Å²) < 4.78 is 4.48. The molecule has 1 aromatic heterocycles. The molecule has 9 heteroatoms. The maximum Gasteiger partial charge on any atom is 0.242 e. The van der Waals surface area contributed by atoms with E-state index >= 15 is 0 Å². The molecular formula is C21H28ClN5O2S. The molecule has 3 rings (SSSR count). The number of aromatic nitrogens is 2. The zero-order valence-electron chi connectivity index (χ0n) is 17.4. The summed E-state index contributed by atoms with van der Waals surface area (Å²) in [5, 5.41) is 7.23. The molecule has 0 spiro atoms. The smallest absolute Gasteiger partial charge is 0.242 e. The average Bonchev–Trinajstić information content (AvgIpc) is 3.06. The van der Waals surface area contributed by atoms with Crippen molar-refractivity contribution in [1.82, 2.24) is 20.0 Å². The van der Waals surface area contributed by atoms with E-state index < -0.39 is 6.04 Å². The minimum atomic E-state index is -0.431. The van der Waals surface area contributed by atoms with E-state index in [0.717, 1.165) is 29.4 Å². The molecule has 1 aliphatic heterocycles. The number of anilines is 1. The van der Waals surface area contributed by atoms with Gasteiger partial charge in [0.2, 0.25) is 16.9 Å². The minimum absolute atomic E-state index is 0.0856. The maximum absolute atomic E-state index is 12.4. The van der Waals surface area contributed by atoms with E-state index in [-0.39, 0.29) is 17.9 Å². The Kier molecular flexibility index (Phi) is 8.04. The van der Waals surface area contributed by atoms with Crippen LogP contribution in [0.1, 0.15) is 50.9 Å². The second-order valence-corrected chi connectivity index (χ2v) is 8.91. The van der Waals surface area contributed by atoms with Crippen LogP contribution in [0, 0.1) is 0 Å². The van der Waals surface area contributed by atoms with Crippen molar-refractivity contribution < 1.29 is 9.59 Å². The van der Waals surface area contributed by atoms with E-state index in [1.54, 1.807) is 0 Å². The number of nitrogens with zero attached hydrogens (tertiary/aromatic N) is 3. The molecule has 1 aromatic carbocycles. The molecule has 162 valence electrons. The Morgan fingerprint density at radius 2 is 2.10 bits per heavy atom. The lowest BCUT2D eigenvalue weighted by Crippen LogP contribution is -2.46. The van der Waals surface area contributed by atoms with Crippen molar-refractivity contribution in [2.75, 3.05) is 18.0 Å². The van der Waals surface area contributed by atoms with E-state index in [2.05, 4.69) is 38.7 Å². The highest BCUT2D eigenvalue weighted by molar-refractivity contribution is 7.09. The predicted octanol–water partition coefficient (Wildman–Crippen LogP) is 3.17. The van der Waals surface area contributed by atoms with E-state index in [4.69, 9.17) is 11.6 Å². The van der Waals surface area contributed by atoms with Crippen LogP contribution < -0.4 is 15.5 Å². The van der Waals surface area contributed by atoms with Gasteiger partial charge in [0, 0.05) is 48.5 Å². The van der Waals surface area contributed by atoms with Gasteiger partial charge in [0.05, 0.1) is 0 Å². The van der Waals surface area contributed by atoms with Crippen LogP contribution in [0.3, 0.4) is 0 Å². The summed E-state index contributed by atoms with van der Waals surface area (Å²) in [5.41, 5.74) is 1.10. The maximum atomic E-state index is 12.4. The second-order valence-electron chi connectivity index (χ2n) is 7.74. The van der Waals surface area contributed by atoms with Crippen LogP contribution in [-0.4, -0.2) is 46.3 Å². The Balaban J connectivity index is 1.56. The summed E-state index contributed by atoms with van der Waals surface area (Å²) in [5.74, 6) is 0.550. The molecule has 7 nitrogen and oxygen atoms in total. The number of rotatable bonds is 8. The average molecular weight is 450 g/mol. The summed E-state index contributed by atoms with van der Waals surface area (Å²) in [6.45, 7) is 5.34. The van der Waals surface area contributed by atoms with Gasteiger partial charge in [-0.15, -0.1) is 0 Å². The third-order valence-corrected chi connectivity index (χ3v) is 6.10. The quantitative estimate of drug-likeness (QED) is 0.646. The van der Waals surface area contributed by atoms with Crippen LogP contribution in [0.5, 0.6) is 0 Å². The molecule has 30 heavy (non-hydrogen) atoms. The normalized spacial score (nSPS) is 16.8. The topological polar surface area (TPSA) is 87.2 Å². The molecule has 1 aliphatic rings. The van der Waals surface area contributed by atoms with Crippen molar-refractivity contribution in [3.05, 3.63) is 40.7 Å².